The number of esters is 2. The molecule has 96 valence electrons. The average molecular weight is 320 g/mol. The number of carbonyl (C=O) groups excluding carboxylic acids is 2. The Morgan fingerprint density at radius 2 is 1.28 bits per heavy atom. The van der Waals surface area contributed by atoms with Gasteiger partial charge in [-0.15, -0.1) is 0 Å². The van der Waals surface area contributed by atoms with Crippen molar-refractivity contribution in [2.24, 2.45) is 0 Å². The molecule has 2 aliphatic heterocycles. The van der Waals surface area contributed by atoms with E-state index in [-0.39, 0.29) is 11.9 Å². The Hall–Kier alpha value is -0.440. The molecule has 0 saturated carbocycles. The van der Waals surface area contributed by atoms with Gasteiger partial charge in [0.2, 0.25) is 0 Å². The van der Waals surface area contributed by atoms with E-state index in [0.717, 1.165) is 8.47 Å². The highest BCUT2D eigenvalue weighted by atomic mass is 32.2. The van der Waals surface area contributed by atoms with Gasteiger partial charge in [-0.2, -0.15) is 0 Å². The third kappa shape index (κ3) is 2.93. The summed E-state index contributed by atoms with van der Waals surface area (Å²) in [5.74, 6) is -0.672. The van der Waals surface area contributed by atoms with Gasteiger partial charge in [-0.1, -0.05) is 47.0 Å². The molecule has 0 aromatic rings. The third-order valence-corrected chi connectivity index (χ3v) is 7.12. The summed E-state index contributed by atoms with van der Waals surface area (Å²) in [6.45, 7) is 0. The van der Waals surface area contributed by atoms with Crippen LogP contribution >= 0.6 is 47.0 Å². The number of carbonyl (C=O) groups is 2. The molecule has 2 rings (SSSR count). The fraction of sp³-hybridized carbons (Fsp3) is 0.200. The number of hydrogen-bond acceptors (Lipinski definition) is 8. The van der Waals surface area contributed by atoms with Crippen LogP contribution in [0.3, 0.4) is 0 Å². The fourth-order valence-corrected chi connectivity index (χ4v) is 5.75. The monoisotopic (exact) mass is 320 g/mol. The summed E-state index contributed by atoms with van der Waals surface area (Å²) in [6.07, 6.45) is 0. The highest BCUT2D eigenvalue weighted by Crippen LogP contribution is 2.55. The highest BCUT2D eigenvalue weighted by molar-refractivity contribution is 8.34. The molecule has 0 N–H and O–H groups in total. The Kier molecular flexibility index (Phi) is 4.77. The molecule has 4 nitrogen and oxygen atoms in total. The second-order valence-electron chi connectivity index (χ2n) is 2.96. The zero-order valence-electron chi connectivity index (χ0n) is 9.42. The lowest BCUT2D eigenvalue weighted by Gasteiger charge is -2.02. The van der Waals surface area contributed by atoms with Gasteiger partial charge in [-0.05, 0) is 10.8 Å². The minimum atomic E-state index is -0.336. The van der Waals surface area contributed by atoms with Crippen molar-refractivity contribution >= 4 is 59.0 Å². The van der Waals surface area contributed by atoms with Crippen LogP contribution in [0.25, 0.3) is 0 Å². The fourth-order valence-electron chi connectivity index (χ4n) is 1.07. The molecule has 18 heavy (non-hydrogen) atoms. The summed E-state index contributed by atoms with van der Waals surface area (Å²) in [4.78, 5) is 23.8. The standard InChI is InChI=1S/C10H8O4S4/c1-13-7(11)5-3-15-9(17-5)10-16-4-6(18-10)8(12)14-2/h3-4H,1-2H3/b10-9-. The minimum Gasteiger partial charge on any atom is -0.465 e. The molecule has 0 aromatic heterocycles. The van der Waals surface area contributed by atoms with Gasteiger partial charge in [-0.3, -0.25) is 0 Å². The maximum absolute atomic E-state index is 11.3. The number of hydrogen-bond donors (Lipinski definition) is 0. The topological polar surface area (TPSA) is 52.6 Å². The summed E-state index contributed by atoms with van der Waals surface area (Å²) in [7, 11) is 2.71. The lowest BCUT2D eigenvalue weighted by atomic mass is 10.6. The minimum absolute atomic E-state index is 0.336. The van der Waals surface area contributed by atoms with E-state index >= 15 is 0 Å². The second kappa shape index (κ2) is 6.14. The molecule has 0 aliphatic carbocycles. The molecular formula is C10H8O4S4. The van der Waals surface area contributed by atoms with Gasteiger partial charge in [-0.25, -0.2) is 9.59 Å². The Balaban J connectivity index is 2.02. The van der Waals surface area contributed by atoms with Crippen molar-refractivity contribution in [1.29, 1.82) is 0 Å². The summed E-state index contributed by atoms with van der Waals surface area (Å²) >= 11 is 5.66. The maximum Gasteiger partial charge on any atom is 0.345 e. The van der Waals surface area contributed by atoms with E-state index in [1.54, 1.807) is 10.8 Å². The van der Waals surface area contributed by atoms with E-state index in [1.807, 2.05) is 0 Å². The van der Waals surface area contributed by atoms with Crippen LogP contribution in [-0.4, -0.2) is 26.2 Å². The summed E-state index contributed by atoms with van der Waals surface area (Å²) in [5, 5.41) is 3.52. The average Bonchev–Trinajstić information content (AvgIpc) is 3.04. The van der Waals surface area contributed by atoms with Crippen LogP contribution in [0.4, 0.5) is 0 Å². The van der Waals surface area contributed by atoms with Gasteiger partial charge < -0.3 is 9.47 Å². The van der Waals surface area contributed by atoms with Crippen LogP contribution in [0.15, 0.2) is 29.1 Å². The van der Waals surface area contributed by atoms with E-state index in [2.05, 4.69) is 9.47 Å². The Morgan fingerprint density at radius 1 is 0.889 bits per heavy atom. The van der Waals surface area contributed by atoms with Gasteiger partial charge in [0.25, 0.3) is 0 Å². The van der Waals surface area contributed by atoms with Crippen LogP contribution in [0.2, 0.25) is 0 Å². The number of rotatable bonds is 2. The molecule has 0 bridgehead atoms. The normalized spacial score (nSPS) is 22.6. The van der Waals surface area contributed by atoms with Gasteiger partial charge in [0, 0.05) is 0 Å². The second-order valence-corrected chi connectivity index (χ2v) is 7.34. The van der Waals surface area contributed by atoms with Gasteiger partial charge in [0.1, 0.15) is 9.81 Å². The summed E-state index contributed by atoms with van der Waals surface area (Å²) < 4.78 is 11.3. The number of thioether (sulfide) groups is 4. The molecule has 0 spiro atoms. The summed E-state index contributed by atoms with van der Waals surface area (Å²) in [5.41, 5.74) is 0. The third-order valence-electron chi connectivity index (χ3n) is 1.89. The van der Waals surface area contributed by atoms with Crippen molar-refractivity contribution in [3.05, 3.63) is 29.1 Å². The molecule has 0 saturated heterocycles. The van der Waals surface area contributed by atoms with Crippen molar-refractivity contribution in [2.75, 3.05) is 14.2 Å². The molecule has 0 aromatic carbocycles. The van der Waals surface area contributed by atoms with E-state index < -0.39 is 0 Å². The molecular weight excluding hydrogens is 312 g/mol. The maximum atomic E-state index is 11.3. The summed E-state index contributed by atoms with van der Waals surface area (Å²) in [6, 6.07) is 0. The first-order valence-corrected chi connectivity index (χ1v) is 8.05. The molecule has 0 unspecified atom stereocenters. The Labute approximate surface area is 121 Å². The van der Waals surface area contributed by atoms with E-state index in [1.165, 1.54) is 61.3 Å². The van der Waals surface area contributed by atoms with Crippen LogP contribution in [0.5, 0.6) is 0 Å². The lowest BCUT2D eigenvalue weighted by Crippen LogP contribution is -1.99. The molecule has 0 fully saturated rings. The van der Waals surface area contributed by atoms with Crippen molar-refractivity contribution in [2.45, 2.75) is 0 Å². The Morgan fingerprint density at radius 3 is 1.61 bits per heavy atom. The van der Waals surface area contributed by atoms with Gasteiger partial charge in [0.05, 0.1) is 22.7 Å². The lowest BCUT2D eigenvalue weighted by molar-refractivity contribution is -0.136. The van der Waals surface area contributed by atoms with Crippen LogP contribution in [0, 0.1) is 0 Å². The zero-order chi connectivity index (χ0) is 13.1. The van der Waals surface area contributed by atoms with Crippen LogP contribution in [0.1, 0.15) is 0 Å². The van der Waals surface area contributed by atoms with Crippen LogP contribution in [-0.2, 0) is 19.1 Å². The molecule has 0 amide bonds. The first-order valence-electron chi connectivity index (χ1n) is 4.66. The highest BCUT2D eigenvalue weighted by Gasteiger charge is 2.27. The first kappa shape index (κ1) is 14.0. The van der Waals surface area contributed by atoms with Crippen molar-refractivity contribution in [1.82, 2.24) is 0 Å². The van der Waals surface area contributed by atoms with Crippen LogP contribution < -0.4 is 0 Å². The number of ether oxygens (including phenoxy) is 2. The van der Waals surface area contributed by atoms with Gasteiger partial charge in [0.15, 0.2) is 0 Å². The first-order chi connectivity index (χ1) is 8.65. The predicted octanol–water partition coefficient (Wildman–Crippen LogP) is 3.10. The van der Waals surface area contributed by atoms with Crippen molar-refractivity contribution in [3.63, 3.8) is 0 Å². The molecule has 0 atom stereocenters. The molecule has 2 heterocycles. The Bertz CT molecular complexity index is 448. The molecule has 2 aliphatic rings. The van der Waals surface area contributed by atoms with Gasteiger partial charge >= 0.3 is 11.9 Å². The quantitative estimate of drug-likeness (QED) is 0.719. The van der Waals surface area contributed by atoms with Crippen molar-refractivity contribution in [3.8, 4) is 0 Å². The van der Waals surface area contributed by atoms with E-state index in [9.17, 15) is 9.59 Å². The zero-order valence-corrected chi connectivity index (χ0v) is 12.7. The largest absolute Gasteiger partial charge is 0.465 e. The molecule has 8 heteroatoms. The SMILES string of the molecule is COC(=O)C1=CS/C(=C2\SC=C(C(=O)OC)S2)S1. The smallest absolute Gasteiger partial charge is 0.345 e. The van der Waals surface area contributed by atoms with E-state index in [0.29, 0.717) is 9.81 Å². The molecule has 0 radical (unpaired) electrons. The van der Waals surface area contributed by atoms with Crippen molar-refractivity contribution < 1.29 is 19.1 Å². The predicted molar refractivity (Wildman–Crippen MR) is 77.6 cm³/mol. The number of methoxy groups -OCH3 is 2. The van der Waals surface area contributed by atoms with E-state index in [4.69, 9.17) is 0 Å².